The number of benzene rings is 7. The fraction of sp³-hybridized carbons (Fsp3) is 0. The van der Waals surface area contributed by atoms with E-state index in [2.05, 4.69) is 141 Å². The Morgan fingerprint density at radius 1 is 0.327 bits per heavy atom. The van der Waals surface area contributed by atoms with Crippen molar-refractivity contribution in [3.63, 3.8) is 0 Å². The summed E-state index contributed by atoms with van der Waals surface area (Å²) >= 11 is 0. The van der Waals surface area contributed by atoms with E-state index in [1.54, 1.807) is 0 Å². The van der Waals surface area contributed by atoms with Gasteiger partial charge < -0.3 is 0 Å². The highest BCUT2D eigenvalue weighted by Gasteiger charge is 2.24. The van der Waals surface area contributed by atoms with Crippen LogP contribution in [0, 0.1) is 0 Å². The third kappa shape index (κ3) is 5.05. The molecule has 0 unspecified atom stereocenters. The maximum atomic E-state index is 5.41. The van der Waals surface area contributed by atoms with Crippen LogP contribution in [-0.2, 0) is 0 Å². The van der Waals surface area contributed by atoms with Crippen molar-refractivity contribution in [1.82, 2.24) is 33.5 Å². The number of para-hydroxylation sites is 3. The Morgan fingerprint density at radius 2 is 0.836 bits per heavy atom. The summed E-state index contributed by atoms with van der Waals surface area (Å²) in [7, 11) is 0. The van der Waals surface area contributed by atoms with Crippen LogP contribution in [0.3, 0.4) is 0 Å². The minimum Gasteiger partial charge on any atom is -0.294 e. The smallest absolute Gasteiger partial charge is 0.221 e. The van der Waals surface area contributed by atoms with E-state index >= 15 is 0 Å². The molecular weight excluding hydrogens is 675 g/mol. The standard InChI is InChI=1S/C48H31N7/c1-5-16-32(17-6-1)44-50-45(33-18-7-2-8-19-33)52-46(51-44)36-21-15-20-34(30-36)35-28-29-41-42(31-35)54(38-24-11-4-12-25-38)48-49-43-39-26-13-14-27-40(39)53(47(43)55(41)48)37-22-9-3-10-23-37/h1-31H. The van der Waals surface area contributed by atoms with Crippen LogP contribution in [0.4, 0.5) is 0 Å². The van der Waals surface area contributed by atoms with Crippen LogP contribution in [0.1, 0.15) is 0 Å². The Bertz CT molecular complexity index is 3120. The maximum absolute atomic E-state index is 5.41. The molecule has 4 heterocycles. The lowest BCUT2D eigenvalue weighted by molar-refractivity contribution is 1.07. The molecule has 4 aromatic heterocycles. The Balaban J connectivity index is 1.12. The van der Waals surface area contributed by atoms with E-state index in [1.807, 2.05) is 60.7 Å². The Labute approximate surface area is 316 Å². The van der Waals surface area contributed by atoms with Gasteiger partial charge in [-0.2, -0.15) is 0 Å². The van der Waals surface area contributed by atoms with Gasteiger partial charge in [0.15, 0.2) is 23.1 Å². The van der Waals surface area contributed by atoms with Crippen LogP contribution in [0.25, 0.3) is 95.5 Å². The molecule has 0 radical (unpaired) electrons. The molecule has 258 valence electrons. The first-order valence-corrected chi connectivity index (χ1v) is 18.3. The van der Waals surface area contributed by atoms with Crippen molar-refractivity contribution in [2.24, 2.45) is 0 Å². The molecule has 0 aliphatic carbocycles. The average Bonchev–Trinajstić information content (AvgIpc) is 3.90. The van der Waals surface area contributed by atoms with Crippen molar-refractivity contribution in [3.8, 4) is 56.7 Å². The Morgan fingerprint density at radius 3 is 1.49 bits per heavy atom. The molecule has 11 rings (SSSR count). The molecule has 0 fully saturated rings. The number of hydrogen-bond donors (Lipinski definition) is 0. The zero-order chi connectivity index (χ0) is 36.3. The molecule has 7 nitrogen and oxygen atoms in total. The summed E-state index contributed by atoms with van der Waals surface area (Å²) in [6.45, 7) is 0. The first-order valence-electron chi connectivity index (χ1n) is 18.3. The Kier molecular flexibility index (Phi) is 7.03. The van der Waals surface area contributed by atoms with Gasteiger partial charge in [-0.15, -0.1) is 0 Å². The zero-order valence-corrected chi connectivity index (χ0v) is 29.5. The van der Waals surface area contributed by atoms with Crippen molar-refractivity contribution in [2.75, 3.05) is 0 Å². The third-order valence-electron chi connectivity index (χ3n) is 10.3. The molecule has 0 N–H and O–H groups in total. The molecule has 7 heteroatoms. The molecule has 0 spiro atoms. The molecule has 7 aromatic carbocycles. The van der Waals surface area contributed by atoms with Gasteiger partial charge in [0.2, 0.25) is 5.78 Å². The molecule has 0 saturated heterocycles. The van der Waals surface area contributed by atoms with Gasteiger partial charge in [0.1, 0.15) is 5.52 Å². The molecule has 0 saturated carbocycles. The second kappa shape index (κ2) is 12.5. The number of imidazole rings is 2. The Hall–Kier alpha value is -7.64. The second-order valence-electron chi connectivity index (χ2n) is 13.6. The van der Waals surface area contributed by atoms with Gasteiger partial charge in [-0.25, -0.2) is 19.9 Å². The lowest BCUT2D eigenvalue weighted by Crippen LogP contribution is -2.00. The zero-order valence-electron chi connectivity index (χ0n) is 29.5. The largest absolute Gasteiger partial charge is 0.294 e. The normalized spacial score (nSPS) is 11.6. The van der Waals surface area contributed by atoms with Crippen LogP contribution < -0.4 is 0 Å². The van der Waals surface area contributed by atoms with Gasteiger partial charge in [0, 0.05) is 33.5 Å². The van der Waals surface area contributed by atoms with E-state index in [-0.39, 0.29) is 0 Å². The highest BCUT2D eigenvalue weighted by atomic mass is 15.3. The molecule has 0 aliphatic rings. The van der Waals surface area contributed by atoms with E-state index in [0.717, 1.165) is 78.1 Å². The molecule has 55 heavy (non-hydrogen) atoms. The summed E-state index contributed by atoms with van der Waals surface area (Å²) in [5.74, 6) is 2.76. The van der Waals surface area contributed by atoms with Gasteiger partial charge >= 0.3 is 0 Å². The number of aromatic nitrogens is 7. The van der Waals surface area contributed by atoms with E-state index in [0.29, 0.717) is 17.5 Å². The quantitative estimate of drug-likeness (QED) is 0.173. The fourth-order valence-corrected chi connectivity index (χ4v) is 7.77. The van der Waals surface area contributed by atoms with E-state index in [4.69, 9.17) is 19.9 Å². The molecule has 0 bridgehead atoms. The number of rotatable bonds is 6. The number of fused-ring (bicyclic) bond motifs is 7. The van der Waals surface area contributed by atoms with Gasteiger partial charge in [-0.1, -0.05) is 140 Å². The van der Waals surface area contributed by atoms with Crippen molar-refractivity contribution >= 4 is 38.9 Å². The fourth-order valence-electron chi connectivity index (χ4n) is 7.77. The van der Waals surface area contributed by atoms with Gasteiger partial charge in [0.25, 0.3) is 0 Å². The van der Waals surface area contributed by atoms with Crippen LogP contribution in [-0.4, -0.2) is 33.5 Å². The van der Waals surface area contributed by atoms with Gasteiger partial charge in [-0.3, -0.25) is 13.5 Å². The van der Waals surface area contributed by atoms with Crippen molar-refractivity contribution in [1.29, 1.82) is 0 Å². The highest BCUT2D eigenvalue weighted by Crippen LogP contribution is 2.38. The molecule has 0 atom stereocenters. The van der Waals surface area contributed by atoms with Crippen molar-refractivity contribution in [2.45, 2.75) is 0 Å². The monoisotopic (exact) mass is 705 g/mol. The first-order chi connectivity index (χ1) is 27.3. The maximum Gasteiger partial charge on any atom is 0.221 e. The first kappa shape index (κ1) is 30.9. The lowest BCUT2D eigenvalue weighted by Gasteiger charge is -2.10. The summed E-state index contributed by atoms with van der Waals surface area (Å²) < 4.78 is 6.92. The summed E-state index contributed by atoms with van der Waals surface area (Å²) in [4.78, 5) is 20.3. The molecule has 0 amide bonds. The molecule has 0 aliphatic heterocycles. The van der Waals surface area contributed by atoms with E-state index in [9.17, 15) is 0 Å². The minimum absolute atomic E-state index is 0.623. The number of nitrogens with zero attached hydrogens (tertiary/aromatic N) is 7. The lowest BCUT2D eigenvalue weighted by atomic mass is 10.0. The highest BCUT2D eigenvalue weighted by molar-refractivity contribution is 6.09. The van der Waals surface area contributed by atoms with Gasteiger partial charge in [-0.05, 0) is 59.7 Å². The SMILES string of the molecule is c1ccc(-c2nc(-c3ccccc3)nc(-c3cccc(-c4ccc5c(c4)n(-c4ccccc4)c4nc6c7ccccc7n(-c7ccccc7)c6n54)c3)n2)cc1. The van der Waals surface area contributed by atoms with Crippen molar-refractivity contribution < 1.29 is 0 Å². The van der Waals surface area contributed by atoms with Crippen LogP contribution in [0.5, 0.6) is 0 Å². The summed E-state index contributed by atoms with van der Waals surface area (Å²) in [5, 5.41) is 1.12. The molecule has 11 aromatic rings. The summed E-state index contributed by atoms with van der Waals surface area (Å²) in [6, 6.07) is 64.9. The van der Waals surface area contributed by atoms with Crippen molar-refractivity contribution in [3.05, 3.63) is 188 Å². The van der Waals surface area contributed by atoms with Crippen LogP contribution in [0.15, 0.2) is 188 Å². The average molecular weight is 706 g/mol. The second-order valence-corrected chi connectivity index (χ2v) is 13.6. The van der Waals surface area contributed by atoms with Crippen LogP contribution in [0.2, 0.25) is 0 Å². The summed E-state index contributed by atoms with van der Waals surface area (Å²) in [5.41, 5.74) is 12.3. The number of hydrogen-bond acceptors (Lipinski definition) is 4. The minimum atomic E-state index is 0.623. The third-order valence-corrected chi connectivity index (χ3v) is 10.3. The molecular formula is C48H31N7. The van der Waals surface area contributed by atoms with Crippen LogP contribution >= 0.6 is 0 Å². The van der Waals surface area contributed by atoms with E-state index < -0.39 is 0 Å². The van der Waals surface area contributed by atoms with Gasteiger partial charge in [0.05, 0.1) is 16.6 Å². The topological polar surface area (TPSA) is 65.8 Å². The predicted molar refractivity (Wildman–Crippen MR) is 221 cm³/mol. The predicted octanol–water partition coefficient (Wildman–Crippen LogP) is 11.2. The van der Waals surface area contributed by atoms with E-state index in [1.165, 1.54) is 0 Å². The summed E-state index contributed by atoms with van der Waals surface area (Å²) in [6.07, 6.45) is 0.